The zero-order chi connectivity index (χ0) is 24.1. The highest BCUT2D eigenvalue weighted by atomic mass is 16.6. The minimum atomic E-state index is -1.00. The largest absolute Gasteiger partial charge is 0.444 e. The number of nitrogens with one attached hydrogen (secondary N) is 2. The number of carbonyl (C=O) groups is 4. The van der Waals surface area contributed by atoms with E-state index in [9.17, 15) is 24.3 Å². The number of nitrogens with zero attached hydrogens (tertiary/aromatic N) is 1. The molecule has 1 aliphatic heterocycles. The van der Waals surface area contributed by atoms with E-state index < -0.39 is 41.6 Å². The van der Waals surface area contributed by atoms with Crippen LogP contribution in [0, 0.1) is 5.92 Å². The second-order valence-corrected chi connectivity index (χ2v) is 9.33. The number of ether oxygens (including phenoxy) is 1. The minimum Gasteiger partial charge on any atom is -0.444 e. The Labute approximate surface area is 188 Å². The van der Waals surface area contributed by atoms with Crippen LogP contribution in [-0.2, 0) is 9.53 Å². The van der Waals surface area contributed by atoms with Gasteiger partial charge in [0.15, 0.2) is 0 Å². The van der Waals surface area contributed by atoms with Gasteiger partial charge in [-0.3, -0.25) is 19.3 Å². The van der Waals surface area contributed by atoms with Crippen molar-refractivity contribution in [1.82, 2.24) is 15.5 Å². The number of hydrogen-bond donors (Lipinski definition) is 3. The molecule has 0 saturated heterocycles. The predicted molar refractivity (Wildman–Crippen MR) is 118 cm³/mol. The molecule has 0 unspecified atom stereocenters. The van der Waals surface area contributed by atoms with Crippen molar-refractivity contribution in [1.29, 1.82) is 0 Å². The smallest absolute Gasteiger partial charge is 0.408 e. The molecule has 0 radical (unpaired) electrons. The van der Waals surface area contributed by atoms with Crippen LogP contribution in [0.4, 0.5) is 4.79 Å². The maximum absolute atomic E-state index is 12.6. The lowest BCUT2D eigenvalue weighted by atomic mass is 10.0. The number of carbonyl (C=O) groups excluding carboxylic acids is 4. The summed E-state index contributed by atoms with van der Waals surface area (Å²) in [5.41, 5.74) is -0.0394. The summed E-state index contributed by atoms with van der Waals surface area (Å²) in [4.78, 5) is 50.4. The molecule has 0 saturated carbocycles. The van der Waals surface area contributed by atoms with Gasteiger partial charge in [0.25, 0.3) is 11.8 Å². The van der Waals surface area contributed by atoms with Crippen LogP contribution >= 0.6 is 0 Å². The minimum absolute atomic E-state index is 0.119. The van der Waals surface area contributed by atoms with Crippen LogP contribution in [0.3, 0.4) is 0 Å². The van der Waals surface area contributed by atoms with E-state index in [-0.39, 0.29) is 25.4 Å². The normalized spacial score (nSPS) is 15.4. The standard InChI is InChI=1S/C23H33N3O6/c1-14(2)12-18(25-22(31)32-23(3,4)5)19(28)24-11-10-15(27)13-26-20(29)16-8-6-7-9-17(16)21(26)30/h6-9,14-15,18,27H,10-13H2,1-5H3,(H,24,28)(H,25,31)/t15-,18-/m0/s1. The van der Waals surface area contributed by atoms with E-state index in [0.29, 0.717) is 17.5 Å². The van der Waals surface area contributed by atoms with Crippen LogP contribution in [0.5, 0.6) is 0 Å². The van der Waals surface area contributed by atoms with Gasteiger partial charge in [-0.05, 0) is 51.7 Å². The van der Waals surface area contributed by atoms with Crippen LogP contribution in [0.2, 0.25) is 0 Å². The summed E-state index contributed by atoms with van der Waals surface area (Å²) in [7, 11) is 0. The maximum atomic E-state index is 12.6. The average Bonchev–Trinajstić information content (AvgIpc) is 2.91. The van der Waals surface area contributed by atoms with Gasteiger partial charge in [0.1, 0.15) is 11.6 Å². The first-order chi connectivity index (χ1) is 14.9. The molecule has 0 aliphatic carbocycles. The first kappa shape index (κ1) is 25.3. The third kappa shape index (κ3) is 7.05. The summed E-state index contributed by atoms with van der Waals surface area (Å²) >= 11 is 0. The predicted octanol–water partition coefficient (Wildman–Crippen LogP) is 2.09. The van der Waals surface area contributed by atoms with Crippen molar-refractivity contribution < 1.29 is 29.0 Å². The maximum Gasteiger partial charge on any atom is 0.408 e. The highest BCUT2D eigenvalue weighted by molar-refractivity contribution is 6.21. The van der Waals surface area contributed by atoms with Crippen molar-refractivity contribution in [2.75, 3.05) is 13.1 Å². The summed E-state index contributed by atoms with van der Waals surface area (Å²) in [6.07, 6.45) is -1.12. The fourth-order valence-corrected chi connectivity index (χ4v) is 3.34. The molecule has 0 aromatic heterocycles. The molecule has 0 spiro atoms. The number of fused-ring (bicyclic) bond motifs is 1. The Morgan fingerprint density at radius 2 is 1.66 bits per heavy atom. The van der Waals surface area contributed by atoms with Gasteiger partial charge in [-0.2, -0.15) is 0 Å². The molecule has 176 valence electrons. The summed E-state index contributed by atoms with van der Waals surface area (Å²) in [5, 5.41) is 15.6. The van der Waals surface area contributed by atoms with E-state index >= 15 is 0 Å². The highest BCUT2D eigenvalue weighted by Gasteiger charge is 2.36. The molecule has 9 heteroatoms. The zero-order valence-electron chi connectivity index (χ0n) is 19.3. The molecule has 3 N–H and O–H groups in total. The Bertz CT molecular complexity index is 827. The molecule has 2 atom stereocenters. The average molecular weight is 448 g/mol. The van der Waals surface area contributed by atoms with Crippen molar-refractivity contribution >= 4 is 23.8 Å². The van der Waals surface area contributed by atoms with Gasteiger partial charge in [-0.25, -0.2) is 4.79 Å². The summed E-state index contributed by atoms with van der Waals surface area (Å²) < 4.78 is 5.22. The van der Waals surface area contributed by atoms with E-state index in [4.69, 9.17) is 4.74 Å². The van der Waals surface area contributed by atoms with Crippen LogP contribution in [0.15, 0.2) is 24.3 Å². The van der Waals surface area contributed by atoms with Gasteiger partial charge in [0.2, 0.25) is 5.91 Å². The Kier molecular flexibility index (Phi) is 8.38. The molecule has 1 aromatic rings. The number of alkyl carbamates (subject to hydrolysis) is 1. The summed E-state index contributed by atoms with van der Waals surface area (Å²) in [5.74, 6) is -1.11. The second kappa shape index (κ2) is 10.6. The lowest BCUT2D eigenvalue weighted by Crippen LogP contribution is -2.49. The number of hydrogen-bond acceptors (Lipinski definition) is 6. The number of benzene rings is 1. The number of β-amino-alcohol motifs (C(OH)–C–C–N with tert-alkyl or cyclic N) is 1. The van der Waals surface area contributed by atoms with E-state index in [1.54, 1.807) is 45.0 Å². The Balaban J connectivity index is 1.85. The molecule has 32 heavy (non-hydrogen) atoms. The summed E-state index contributed by atoms with van der Waals surface area (Å²) in [6, 6.07) is 5.73. The zero-order valence-corrected chi connectivity index (χ0v) is 19.3. The Hall–Kier alpha value is -2.94. The van der Waals surface area contributed by atoms with Gasteiger partial charge in [0.05, 0.1) is 23.8 Å². The lowest BCUT2D eigenvalue weighted by molar-refractivity contribution is -0.123. The van der Waals surface area contributed by atoms with Crippen molar-refractivity contribution in [2.45, 2.75) is 65.2 Å². The number of imide groups is 1. The quantitative estimate of drug-likeness (QED) is 0.498. The lowest BCUT2D eigenvalue weighted by Gasteiger charge is -2.24. The number of aliphatic hydroxyl groups is 1. The molecule has 0 bridgehead atoms. The van der Waals surface area contributed by atoms with Crippen LogP contribution in [-0.4, -0.2) is 64.7 Å². The van der Waals surface area contributed by atoms with Gasteiger partial charge in [0, 0.05) is 6.54 Å². The van der Waals surface area contributed by atoms with Gasteiger partial charge >= 0.3 is 6.09 Å². The molecular formula is C23H33N3O6. The summed E-state index contributed by atoms with van der Waals surface area (Å²) in [6.45, 7) is 9.03. The van der Waals surface area contributed by atoms with Gasteiger partial charge in [-0.15, -0.1) is 0 Å². The van der Waals surface area contributed by atoms with Crippen LogP contribution in [0.25, 0.3) is 0 Å². The van der Waals surface area contributed by atoms with Crippen LogP contribution < -0.4 is 10.6 Å². The number of amides is 4. The topological polar surface area (TPSA) is 125 Å². The monoisotopic (exact) mass is 447 g/mol. The van der Waals surface area contributed by atoms with E-state index in [2.05, 4.69) is 10.6 Å². The van der Waals surface area contributed by atoms with Gasteiger partial charge < -0.3 is 20.5 Å². The van der Waals surface area contributed by atoms with Crippen molar-refractivity contribution in [3.8, 4) is 0 Å². The Morgan fingerprint density at radius 1 is 1.09 bits per heavy atom. The SMILES string of the molecule is CC(C)C[C@H](NC(=O)OC(C)(C)C)C(=O)NCC[C@H](O)CN1C(=O)c2ccccc2C1=O. The van der Waals surface area contributed by atoms with Gasteiger partial charge in [-0.1, -0.05) is 26.0 Å². The van der Waals surface area contributed by atoms with E-state index in [1.165, 1.54) is 0 Å². The molecular weight excluding hydrogens is 414 g/mol. The van der Waals surface area contributed by atoms with E-state index in [0.717, 1.165) is 4.90 Å². The Morgan fingerprint density at radius 3 is 2.16 bits per heavy atom. The first-order valence-corrected chi connectivity index (χ1v) is 10.8. The third-order valence-corrected chi connectivity index (χ3v) is 4.76. The number of rotatable bonds is 9. The second-order valence-electron chi connectivity index (χ2n) is 9.33. The first-order valence-electron chi connectivity index (χ1n) is 10.8. The fourth-order valence-electron chi connectivity index (χ4n) is 3.34. The van der Waals surface area contributed by atoms with Crippen molar-refractivity contribution in [3.63, 3.8) is 0 Å². The molecule has 2 rings (SSSR count). The molecule has 9 nitrogen and oxygen atoms in total. The van der Waals surface area contributed by atoms with Crippen molar-refractivity contribution in [2.24, 2.45) is 5.92 Å². The number of aliphatic hydroxyl groups excluding tert-OH is 1. The molecule has 1 heterocycles. The third-order valence-electron chi connectivity index (χ3n) is 4.76. The van der Waals surface area contributed by atoms with Crippen molar-refractivity contribution in [3.05, 3.63) is 35.4 Å². The fraction of sp³-hybridized carbons (Fsp3) is 0.565. The highest BCUT2D eigenvalue weighted by Crippen LogP contribution is 2.22. The van der Waals surface area contributed by atoms with E-state index in [1.807, 2.05) is 13.8 Å². The molecule has 4 amide bonds. The van der Waals surface area contributed by atoms with Crippen LogP contribution in [0.1, 0.15) is 68.2 Å². The molecule has 1 aromatic carbocycles. The molecule has 1 aliphatic rings. The molecule has 0 fully saturated rings.